The van der Waals surface area contributed by atoms with Crippen LogP contribution in [0, 0.1) is 6.92 Å². The summed E-state index contributed by atoms with van der Waals surface area (Å²) in [7, 11) is 0. The van der Waals surface area contributed by atoms with Crippen LogP contribution >= 0.6 is 0 Å². The minimum absolute atomic E-state index is 0.207. The molecule has 2 N–H and O–H groups in total. The van der Waals surface area contributed by atoms with Crippen molar-refractivity contribution in [3.63, 3.8) is 0 Å². The van der Waals surface area contributed by atoms with Crippen molar-refractivity contribution in [1.29, 1.82) is 0 Å². The standard InChI is InChI=1S/C16H19N5O2/c1-11-15(22)18-16(21-19-11)20-17-10-12-6-8-14(9-7-12)23-13-4-2-3-5-13/h6-10,13H,2-5H2,1H3,(H2,18,20,21,22)/b17-10+. The van der Waals surface area contributed by atoms with E-state index in [1.54, 1.807) is 13.1 Å². The van der Waals surface area contributed by atoms with E-state index in [9.17, 15) is 4.79 Å². The van der Waals surface area contributed by atoms with Crippen LogP contribution in [0.3, 0.4) is 0 Å². The summed E-state index contributed by atoms with van der Waals surface area (Å²) in [5, 5.41) is 11.5. The summed E-state index contributed by atoms with van der Waals surface area (Å²) >= 11 is 0. The van der Waals surface area contributed by atoms with Gasteiger partial charge in [0.2, 0.25) is 5.95 Å². The van der Waals surface area contributed by atoms with E-state index in [0.717, 1.165) is 24.2 Å². The Morgan fingerprint density at radius 1 is 1.26 bits per heavy atom. The number of ether oxygens (including phenoxy) is 1. The van der Waals surface area contributed by atoms with Gasteiger partial charge in [0, 0.05) is 0 Å². The lowest BCUT2D eigenvalue weighted by molar-refractivity contribution is 0.210. The predicted molar refractivity (Wildman–Crippen MR) is 87.9 cm³/mol. The molecular formula is C16H19N5O2. The topological polar surface area (TPSA) is 92.3 Å². The van der Waals surface area contributed by atoms with Crippen molar-refractivity contribution in [2.24, 2.45) is 5.10 Å². The van der Waals surface area contributed by atoms with Crippen LogP contribution in [0.25, 0.3) is 0 Å². The second-order valence-corrected chi connectivity index (χ2v) is 5.55. The summed E-state index contributed by atoms with van der Waals surface area (Å²) in [6.07, 6.45) is 6.79. The van der Waals surface area contributed by atoms with Gasteiger partial charge in [-0.25, -0.2) is 5.43 Å². The fourth-order valence-electron chi connectivity index (χ4n) is 2.44. The Hall–Kier alpha value is -2.70. The molecule has 0 atom stereocenters. The zero-order valence-corrected chi connectivity index (χ0v) is 13.0. The molecule has 120 valence electrons. The van der Waals surface area contributed by atoms with Crippen molar-refractivity contribution >= 4 is 12.2 Å². The molecular weight excluding hydrogens is 294 g/mol. The van der Waals surface area contributed by atoms with Gasteiger partial charge in [-0.05, 0) is 62.4 Å². The van der Waals surface area contributed by atoms with Crippen molar-refractivity contribution in [3.8, 4) is 5.75 Å². The van der Waals surface area contributed by atoms with Crippen molar-refractivity contribution in [2.45, 2.75) is 38.7 Å². The van der Waals surface area contributed by atoms with Gasteiger partial charge in [0.05, 0.1) is 12.3 Å². The maximum atomic E-state index is 11.4. The number of aryl methyl sites for hydroxylation is 1. The van der Waals surface area contributed by atoms with Crippen molar-refractivity contribution in [3.05, 3.63) is 45.9 Å². The van der Waals surface area contributed by atoms with E-state index in [2.05, 4.69) is 25.7 Å². The third-order valence-corrected chi connectivity index (χ3v) is 3.73. The second-order valence-electron chi connectivity index (χ2n) is 5.55. The number of hydrogen-bond donors (Lipinski definition) is 2. The number of benzene rings is 1. The molecule has 1 fully saturated rings. The zero-order valence-electron chi connectivity index (χ0n) is 13.0. The van der Waals surface area contributed by atoms with Crippen LogP contribution in [0.1, 0.15) is 36.9 Å². The number of aromatic nitrogens is 3. The third kappa shape index (κ3) is 4.15. The maximum absolute atomic E-state index is 11.4. The number of anilines is 1. The molecule has 2 aromatic rings. The second kappa shape index (κ2) is 7.04. The van der Waals surface area contributed by atoms with E-state index in [1.807, 2.05) is 24.3 Å². The fraction of sp³-hybridized carbons (Fsp3) is 0.375. The molecule has 0 saturated heterocycles. The fourth-order valence-corrected chi connectivity index (χ4v) is 2.44. The molecule has 0 spiro atoms. The SMILES string of the molecule is Cc1nnc(N/N=C/c2ccc(OC3CCCC3)cc2)[nH]c1=O. The van der Waals surface area contributed by atoms with E-state index >= 15 is 0 Å². The van der Waals surface area contributed by atoms with Crippen LogP contribution in [-0.2, 0) is 0 Å². The minimum Gasteiger partial charge on any atom is -0.490 e. The first-order valence-electron chi connectivity index (χ1n) is 7.70. The first-order valence-corrected chi connectivity index (χ1v) is 7.70. The monoisotopic (exact) mass is 313 g/mol. The molecule has 0 unspecified atom stereocenters. The van der Waals surface area contributed by atoms with Gasteiger partial charge in [0.25, 0.3) is 5.56 Å². The average Bonchev–Trinajstić information content (AvgIpc) is 3.05. The number of H-pyrrole nitrogens is 1. The summed E-state index contributed by atoms with van der Waals surface area (Å²) < 4.78 is 5.91. The Labute approximate surface area is 133 Å². The lowest BCUT2D eigenvalue weighted by atomic mass is 10.2. The van der Waals surface area contributed by atoms with Crippen LogP contribution in [0.4, 0.5) is 5.95 Å². The summed E-state index contributed by atoms with van der Waals surface area (Å²) in [6.45, 7) is 1.59. The molecule has 1 aromatic heterocycles. The molecule has 7 heteroatoms. The zero-order chi connectivity index (χ0) is 16.1. The Bertz CT molecular complexity index is 733. The third-order valence-electron chi connectivity index (χ3n) is 3.73. The van der Waals surface area contributed by atoms with E-state index in [4.69, 9.17) is 4.74 Å². The van der Waals surface area contributed by atoms with E-state index in [0.29, 0.717) is 11.8 Å². The average molecular weight is 313 g/mol. The smallest absolute Gasteiger partial charge is 0.274 e. The Morgan fingerprint density at radius 2 is 2.00 bits per heavy atom. The molecule has 1 aliphatic carbocycles. The number of hydrazone groups is 1. The lowest BCUT2D eigenvalue weighted by Gasteiger charge is -2.12. The van der Waals surface area contributed by atoms with Crippen molar-refractivity contribution < 1.29 is 4.74 Å². The molecule has 23 heavy (non-hydrogen) atoms. The predicted octanol–water partition coefficient (Wildman–Crippen LogP) is 2.24. The number of aromatic amines is 1. The molecule has 7 nitrogen and oxygen atoms in total. The molecule has 0 bridgehead atoms. The molecule has 1 heterocycles. The van der Waals surface area contributed by atoms with Crippen LogP contribution in [0.2, 0.25) is 0 Å². The van der Waals surface area contributed by atoms with Crippen LogP contribution in [-0.4, -0.2) is 27.5 Å². The summed E-state index contributed by atoms with van der Waals surface area (Å²) in [5.41, 5.74) is 3.59. The number of nitrogens with zero attached hydrogens (tertiary/aromatic N) is 3. The van der Waals surface area contributed by atoms with Gasteiger partial charge >= 0.3 is 0 Å². The molecule has 0 aliphatic heterocycles. The maximum Gasteiger partial charge on any atom is 0.274 e. The van der Waals surface area contributed by atoms with Gasteiger partial charge in [-0.2, -0.15) is 5.10 Å². The highest BCUT2D eigenvalue weighted by molar-refractivity contribution is 5.80. The highest BCUT2D eigenvalue weighted by Gasteiger charge is 2.16. The normalized spacial score (nSPS) is 15.2. The lowest BCUT2D eigenvalue weighted by Crippen LogP contribution is -2.15. The Morgan fingerprint density at radius 3 is 2.70 bits per heavy atom. The van der Waals surface area contributed by atoms with Gasteiger partial charge in [-0.15, -0.1) is 10.2 Å². The number of hydrogen-bond acceptors (Lipinski definition) is 6. The van der Waals surface area contributed by atoms with Gasteiger partial charge in [-0.3, -0.25) is 9.78 Å². The van der Waals surface area contributed by atoms with Crippen molar-refractivity contribution in [1.82, 2.24) is 15.2 Å². The van der Waals surface area contributed by atoms with Gasteiger partial charge in [-0.1, -0.05) is 0 Å². The summed E-state index contributed by atoms with van der Waals surface area (Å²) in [6, 6.07) is 7.73. The number of rotatable bonds is 5. The van der Waals surface area contributed by atoms with E-state index in [-0.39, 0.29) is 11.5 Å². The largest absolute Gasteiger partial charge is 0.490 e. The summed E-state index contributed by atoms with van der Waals surface area (Å²) in [5.74, 6) is 1.09. The Balaban J connectivity index is 1.56. The van der Waals surface area contributed by atoms with Gasteiger partial charge in [0.1, 0.15) is 11.4 Å². The van der Waals surface area contributed by atoms with Crippen LogP contribution < -0.4 is 15.7 Å². The molecule has 1 saturated carbocycles. The molecule has 1 aliphatic rings. The first kappa shape index (κ1) is 15.2. The van der Waals surface area contributed by atoms with Crippen LogP contribution in [0.5, 0.6) is 5.75 Å². The number of nitrogens with one attached hydrogen (secondary N) is 2. The molecule has 3 rings (SSSR count). The van der Waals surface area contributed by atoms with E-state index < -0.39 is 0 Å². The molecule has 1 aromatic carbocycles. The minimum atomic E-state index is -0.286. The molecule has 0 amide bonds. The molecule has 0 radical (unpaired) electrons. The highest BCUT2D eigenvalue weighted by atomic mass is 16.5. The van der Waals surface area contributed by atoms with Gasteiger partial charge < -0.3 is 4.74 Å². The van der Waals surface area contributed by atoms with Crippen molar-refractivity contribution in [2.75, 3.05) is 5.43 Å². The first-order chi connectivity index (χ1) is 11.2. The Kier molecular flexibility index (Phi) is 4.65. The van der Waals surface area contributed by atoms with E-state index in [1.165, 1.54) is 12.8 Å². The van der Waals surface area contributed by atoms with Crippen LogP contribution in [0.15, 0.2) is 34.2 Å². The summed E-state index contributed by atoms with van der Waals surface area (Å²) in [4.78, 5) is 13.9. The van der Waals surface area contributed by atoms with Gasteiger partial charge in [0.15, 0.2) is 0 Å². The highest BCUT2D eigenvalue weighted by Crippen LogP contribution is 2.23. The quantitative estimate of drug-likeness (QED) is 0.652.